The third-order valence-electron chi connectivity index (χ3n) is 4.23. The second-order valence-electron chi connectivity index (χ2n) is 5.86. The first-order chi connectivity index (χ1) is 10.4. The quantitative estimate of drug-likeness (QED) is 0.820. The summed E-state index contributed by atoms with van der Waals surface area (Å²) in [6, 6.07) is 3.89. The molecular formula is C18H19NO3. The van der Waals surface area contributed by atoms with Crippen molar-refractivity contribution in [3.8, 4) is 16.9 Å². The molecule has 4 heteroatoms. The lowest BCUT2D eigenvalue weighted by Crippen LogP contribution is -2.21. The Morgan fingerprint density at radius 2 is 1.64 bits per heavy atom. The van der Waals surface area contributed by atoms with Gasteiger partial charge in [0.2, 0.25) is 0 Å². The molecule has 22 heavy (non-hydrogen) atoms. The first kappa shape index (κ1) is 14.6. The molecule has 1 aliphatic rings. The Bertz CT molecular complexity index is 770. The molecular weight excluding hydrogens is 278 g/mol. The lowest BCUT2D eigenvalue weighted by molar-refractivity contribution is 0.0478. The topological polar surface area (TPSA) is 59.4 Å². The number of esters is 1. The Hall–Kier alpha value is -2.36. The van der Waals surface area contributed by atoms with Crippen molar-refractivity contribution in [2.45, 2.75) is 34.1 Å². The highest BCUT2D eigenvalue weighted by Gasteiger charge is 2.26. The number of cyclic esters (lactones) is 1. The minimum absolute atomic E-state index is 0.292. The lowest BCUT2D eigenvalue weighted by Gasteiger charge is -2.22. The molecule has 0 atom stereocenters. The van der Waals surface area contributed by atoms with Crippen molar-refractivity contribution in [3.63, 3.8) is 0 Å². The molecule has 0 bridgehead atoms. The SMILES string of the molecule is Cc1cc(-c2c(C)nc(C)c3c2CCOC3=O)cc(C)c1O. The smallest absolute Gasteiger partial charge is 0.340 e. The minimum atomic E-state index is -0.292. The van der Waals surface area contributed by atoms with E-state index in [4.69, 9.17) is 4.74 Å². The number of aromatic hydroxyl groups is 1. The molecule has 1 aromatic heterocycles. The molecule has 114 valence electrons. The summed E-state index contributed by atoms with van der Waals surface area (Å²) in [5.41, 5.74) is 6.83. The van der Waals surface area contributed by atoms with Crippen LogP contribution in [0.15, 0.2) is 12.1 Å². The Kier molecular flexibility index (Phi) is 3.39. The molecule has 3 rings (SSSR count). The summed E-state index contributed by atoms with van der Waals surface area (Å²) in [6.07, 6.45) is 0.694. The number of hydrogen-bond donors (Lipinski definition) is 1. The van der Waals surface area contributed by atoms with Gasteiger partial charge in [-0.15, -0.1) is 0 Å². The molecule has 0 fully saturated rings. The average Bonchev–Trinajstić information content (AvgIpc) is 2.44. The van der Waals surface area contributed by atoms with E-state index >= 15 is 0 Å². The Morgan fingerprint density at radius 3 is 2.27 bits per heavy atom. The van der Waals surface area contributed by atoms with Gasteiger partial charge in [-0.05, 0) is 62.1 Å². The third kappa shape index (κ3) is 2.15. The van der Waals surface area contributed by atoms with Crippen LogP contribution in [0.2, 0.25) is 0 Å². The van der Waals surface area contributed by atoms with Crippen LogP contribution < -0.4 is 0 Å². The van der Waals surface area contributed by atoms with Crippen molar-refractivity contribution in [2.75, 3.05) is 6.61 Å². The number of nitrogens with zero attached hydrogens (tertiary/aromatic N) is 1. The van der Waals surface area contributed by atoms with E-state index in [1.165, 1.54) is 0 Å². The summed E-state index contributed by atoms with van der Waals surface area (Å²) in [6.45, 7) is 7.96. The number of phenolic OH excluding ortho intramolecular Hbond substituents is 1. The van der Waals surface area contributed by atoms with Crippen molar-refractivity contribution >= 4 is 5.97 Å². The summed E-state index contributed by atoms with van der Waals surface area (Å²) in [4.78, 5) is 16.6. The van der Waals surface area contributed by atoms with Crippen molar-refractivity contribution in [2.24, 2.45) is 0 Å². The zero-order valence-electron chi connectivity index (χ0n) is 13.3. The minimum Gasteiger partial charge on any atom is -0.507 e. The number of fused-ring (bicyclic) bond motifs is 1. The van der Waals surface area contributed by atoms with Crippen LogP contribution in [0.4, 0.5) is 0 Å². The standard InChI is InChI=1S/C18H19NO3/c1-9-7-13(8-10(2)17(9)20)15-11(3)19-12(4)16-14(15)5-6-22-18(16)21/h7-8,20H,5-6H2,1-4H3. The Morgan fingerprint density at radius 1 is 1.05 bits per heavy atom. The summed E-state index contributed by atoms with van der Waals surface area (Å²) < 4.78 is 5.16. The number of carbonyl (C=O) groups excluding carboxylic acids is 1. The van der Waals surface area contributed by atoms with Gasteiger partial charge in [0.1, 0.15) is 5.75 Å². The molecule has 1 aromatic carbocycles. The molecule has 1 aliphatic heterocycles. The average molecular weight is 297 g/mol. The summed E-state index contributed by atoms with van der Waals surface area (Å²) in [7, 11) is 0. The van der Waals surface area contributed by atoms with Crippen LogP contribution in [0.1, 0.15) is 38.4 Å². The van der Waals surface area contributed by atoms with E-state index in [1.807, 2.05) is 39.8 Å². The van der Waals surface area contributed by atoms with Crippen LogP contribution in [-0.2, 0) is 11.2 Å². The maximum Gasteiger partial charge on any atom is 0.340 e. The van der Waals surface area contributed by atoms with E-state index in [2.05, 4.69) is 4.98 Å². The predicted molar refractivity (Wildman–Crippen MR) is 84.3 cm³/mol. The number of ether oxygens (including phenoxy) is 1. The van der Waals surface area contributed by atoms with Crippen molar-refractivity contribution in [3.05, 3.63) is 45.8 Å². The zero-order valence-corrected chi connectivity index (χ0v) is 13.3. The zero-order chi connectivity index (χ0) is 16.0. The molecule has 0 saturated carbocycles. The molecule has 2 aromatic rings. The Labute approximate surface area is 129 Å². The van der Waals surface area contributed by atoms with E-state index in [1.54, 1.807) is 0 Å². The van der Waals surface area contributed by atoms with Crippen LogP contribution in [0.5, 0.6) is 5.75 Å². The van der Waals surface area contributed by atoms with Crippen molar-refractivity contribution in [1.82, 2.24) is 4.98 Å². The second-order valence-corrected chi connectivity index (χ2v) is 5.86. The normalized spacial score (nSPS) is 13.7. The van der Waals surface area contributed by atoms with Crippen LogP contribution in [0.3, 0.4) is 0 Å². The van der Waals surface area contributed by atoms with Gasteiger partial charge in [0.05, 0.1) is 17.9 Å². The highest BCUT2D eigenvalue weighted by atomic mass is 16.5. The monoisotopic (exact) mass is 297 g/mol. The summed E-state index contributed by atoms with van der Waals surface area (Å²) >= 11 is 0. The molecule has 1 N–H and O–H groups in total. The molecule has 0 aliphatic carbocycles. The fraction of sp³-hybridized carbons (Fsp3) is 0.333. The highest BCUT2D eigenvalue weighted by molar-refractivity contribution is 5.96. The number of pyridine rings is 1. The predicted octanol–water partition coefficient (Wildman–Crippen LogP) is 3.40. The van der Waals surface area contributed by atoms with Gasteiger partial charge >= 0.3 is 5.97 Å². The largest absolute Gasteiger partial charge is 0.507 e. The van der Waals surface area contributed by atoms with Crippen molar-refractivity contribution < 1.29 is 14.6 Å². The number of rotatable bonds is 1. The number of aryl methyl sites for hydroxylation is 4. The number of aromatic nitrogens is 1. The van der Waals surface area contributed by atoms with Gasteiger partial charge < -0.3 is 9.84 Å². The maximum absolute atomic E-state index is 12.1. The number of carbonyl (C=O) groups is 1. The van der Waals surface area contributed by atoms with Crippen LogP contribution in [0.25, 0.3) is 11.1 Å². The maximum atomic E-state index is 12.1. The van der Waals surface area contributed by atoms with Crippen LogP contribution >= 0.6 is 0 Å². The van der Waals surface area contributed by atoms with E-state index in [9.17, 15) is 9.90 Å². The summed E-state index contributed by atoms with van der Waals surface area (Å²) in [5, 5.41) is 9.98. The van der Waals surface area contributed by atoms with Gasteiger partial charge in [0.15, 0.2) is 0 Å². The van der Waals surface area contributed by atoms with E-state index in [0.717, 1.165) is 33.5 Å². The fourth-order valence-electron chi connectivity index (χ4n) is 3.25. The number of hydrogen-bond acceptors (Lipinski definition) is 4. The van der Waals surface area contributed by atoms with E-state index in [-0.39, 0.29) is 5.97 Å². The van der Waals surface area contributed by atoms with Gasteiger partial charge in [-0.25, -0.2) is 4.79 Å². The third-order valence-corrected chi connectivity index (χ3v) is 4.23. The first-order valence-corrected chi connectivity index (χ1v) is 7.38. The molecule has 0 spiro atoms. The van der Waals surface area contributed by atoms with Gasteiger partial charge in [-0.3, -0.25) is 4.98 Å². The molecule has 4 nitrogen and oxygen atoms in total. The fourth-order valence-corrected chi connectivity index (χ4v) is 3.25. The molecule has 2 heterocycles. The molecule has 0 saturated heterocycles. The first-order valence-electron chi connectivity index (χ1n) is 7.38. The highest BCUT2D eigenvalue weighted by Crippen LogP contribution is 2.36. The van der Waals surface area contributed by atoms with Crippen molar-refractivity contribution in [1.29, 1.82) is 0 Å². The van der Waals surface area contributed by atoms with E-state index in [0.29, 0.717) is 30.0 Å². The number of phenols is 1. The van der Waals surface area contributed by atoms with Gasteiger partial charge in [0.25, 0.3) is 0 Å². The van der Waals surface area contributed by atoms with Crippen LogP contribution in [-0.4, -0.2) is 22.7 Å². The van der Waals surface area contributed by atoms with Crippen LogP contribution in [0, 0.1) is 27.7 Å². The molecule has 0 radical (unpaired) electrons. The van der Waals surface area contributed by atoms with Gasteiger partial charge in [-0.1, -0.05) is 0 Å². The number of benzene rings is 1. The van der Waals surface area contributed by atoms with Gasteiger partial charge in [-0.2, -0.15) is 0 Å². The second kappa shape index (κ2) is 5.13. The van der Waals surface area contributed by atoms with E-state index < -0.39 is 0 Å². The molecule has 0 amide bonds. The van der Waals surface area contributed by atoms with Gasteiger partial charge in [0, 0.05) is 17.7 Å². The summed E-state index contributed by atoms with van der Waals surface area (Å²) in [5.74, 6) is 0.0227. The Balaban J connectivity index is 2.32. The lowest BCUT2D eigenvalue weighted by atomic mass is 9.89. The molecule has 0 unspecified atom stereocenters.